The van der Waals surface area contributed by atoms with Crippen molar-refractivity contribution >= 4 is 46.6 Å². The number of nitro groups is 1. The Bertz CT molecular complexity index is 1270. The van der Waals surface area contributed by atoms with Gasteiger partial charge in [0.1, 0.15) is 16.9 Å². The van der Waals surface area contributed by atoms with Gasteiger partial charge in [-0.25, -0.2) is 0 Å². The summed E-state index contributed by atoms with van der Waals surface area (Å²) in [7, 11) is 3.42. The van der Waals surface area contributed by atoms with Gasteiger partial charge in [-0.3, -0.25) is 29.1 Å². The first-order chi connectivity index (χ1) is 15.7. The highest BCUT2D eigenvalue weighted by molar-refractivity contribution is 7.07. The second-order valence-electron chi connectivity index (χ2n) is 9.70. The van der Waals surface area contributed by atoms with E-state index in [1.165, 1.54) is 16.7 Å². The minimum atomic E-state index is -0.655. The van der Waals surface area contributed by atoms with E-state index in [1.54, 1.807) is 58.0 Å². The zero-order chi connectivity index (χ0) is 25.8. The summed E-state index contributed by atoms with van der Waals surface area (Å²) < 4.78 is 1.91. The number of aromatic nitrogens is 1. The van der Waals surface area contributed by atoms with Crippen molar-refractivity contribution in [2.45, 2.75) is 41.2 Å². The predicted molar refractivity (Wildman–Crippen MR) is 136 cm³/mol. The van der Waals surface area contributed by atoms with Gasteiger partial charge in [-0.2, -0.15) is 0 Å². The van der Waals surface area contributed by atoms with Crippen LogP contribution in [0.15, 0.2) is 23.0 Å². The number of benzene rings is 1. The number of ketones is 1. The lowest BCUT2D eigenvalue weighted by Gasteiger charge is -2.13. The van der Waals surface area contributed by atoms with Gasteiger partial charge in [-0.15, -0.1) is 11.3 Å². The molecule has 1 amide bonds. The van der Waals surface area contributed by atoms with Crippen LogP contribution in [0, 0.1) is 21.4 Å². The highest BCUT2D eigenvalue weighted by atomic mass is 32.1. The van der Waals surface area contributed by atoms with Crippen molar-refractivity contribution in [3.05, 3.63) is 53.4 Å². The van der Waals surface area contributed by atoms with Crippen molar-refractivity contribution in [3.63, 3.8) is 0 Å². The number of nitro benzene ring substituents is 1. The predicted octanol–water partition coefficient (Wildman–Crippen LogP) is 1.88. The van der Waals surface area contributed by atoms with Crippen LogP contribution in [0.3, 0.4) is 0 Å². The maximum atomic E-state index is 13.2. The molecule has 0 saturated heterocycles. The molecule has 1 aromatic heterocycles. The smallest absolute Gasteiger partial charge is 0.293 e. The van der Waals surface area contributed by atoms with Crippen molar-refractivity contribution in [2.24, 2.45) is 11.3 Å². The second kappa shape index (κ2) is 10.8. The van der Waals surface area contributed by atoms with Gasteiger partial charge in [0.05, 0.1) is 9.46 Å². The Kier molecular flexibility index (Phi) is 8.55. The Hall–Kier alpha value is -3.27. The lowest BCUT2D eigenvalue weighted by molar-refractivity contribution is -0.384. The largest absolute Gasteiger partial charge is 0.372 e. The van der Waals surface area contributed by atoms with E-state index in [4.69, 9.17) is 0 Å². The lowest BCUT2D eigenvalue weighted by Crippen LogP contribution is -2.39. The van der Waals surface area contributed by atoms with E-state index in [1.807, 2.05) is 13.8 Å². The van der Waals surface area contributed by atoms with E-state index in [0.29, 0.717) is 22.5 Å². The molecule has 0 unspecified atom stereocenters. The molecule has 34 heavy (non-hydrogen) atoms. The van der Waals surface area contributed by atoms with Crippen molar-refractivity contribution in [1.82, 2.24) is 9.88 Å². The Labute approximate surface area is 202 Å². The average Bonchev–Trinajstić information content (AvgIpc) is 3.00. The molecular weight excluding hydrogens is 456 g/mol. The summed E-state index contributed by atoms with van der Waals surface area (Å²) in [6, 6.07) is 4.70. The normalized spacial score (nSPS) is 12.8. The van der Waals surface area contributed by atoms with E-state index in [9.17, 15) is 24.5 Å². The Morgan fingerprint density at radius 1 is 1.26 bits per heavy atom. The number of rotatable bonds is 8. The molecule has 0 aliphatic heterocycles. The fraction of sp³-hybridized carbons (Fsp3) is 0.458. The molecule has 184 valence electrons. The topological polar surface area (TPSA) is 115 Å². The van der Waals surface area contributed by atoms with Crippen LogP contribution in [-0.2, 0) is 16.1 Å². The van der Waals surface area contributed by atoms with Crippen LogP contribution in [0.25, 0.3) is 12.2 Å². The van der Waals surface area contributed by atoms with Crippen LogP contribution in [0.2, 0.25) is 0 Å². The van der Waals surface area contributed by atoms with Gasteiger partial charge in [0.25, 0.3) is 11.2 Å². The van der Waals surface area contributed by atoms with E-state index in [-0.39, 0.29) is 34.4 Å². The fourth-order valence-corrected chi connectivity index (χ4v) is 3.99. The molecule has 1 N–H and O–H groups in total. The van der Waals surface area contributed by atoms with E-state index < -0.39 is 15.9 Å². The van der Waals surface area contributed by atoms with Gasteiger partial charge in [0.2, 0.25) is 5.91 Å². The number of carbonyl (C=O) groups excluding carboxylic acids is 2. The second-order valence-corrected chi connectivity index (χ2v) is 10.8. The zero-order valence-corrected chi connectivity index (χ0v) is 21.5. The molecule has 0 aliphatic rings. The quantitative estimate of drug-likeness (QED) is 0.448. The molecule has 0 atom stereocenters. The number of hydrogen-bond acceptors (Lipinski definition) is 7. The fourth-order valence-electron chi connectivity index (χ4n) is 2.94. The summed E-state index contributed by atoms with van der Waals surface area (Å²) in [6.45, 7) is 9.50. The summed E-state index contributed by atoms with van der Waals surface area (Å²) in [5.41, 5.74) is -0.259. The summed E-state index contributed by atoms with van der Waals surface area (Å²) in [5.74, 6) is -0.256. The van der Waals surface area contributed by atoms with Gasteiger partial charge in [-0.1, -0.05) is 40.7 Å². The van der Waals surface area contributed by atoms with Crippen LogP contribution < -0.4 is 25.0 Å². The number of nitrogens with one attached hydrogen (secondary N) is 1. The molecule has 0 saturated carbocycles. The third kappa shape index (κ3) is 6.86. The maximum absolute atomic E-state index is 13.2. The van der Waals surface area contributed by atoms with E-state index >= 15 is 0 Å². The average molecular weight is 489 g/mol. The van der Waals surface area contributed by atoms with Crippen LogP contribution in [0.4, 0.5) is 11.4 Å². The minimum absolute atomic E-state index is 0.0848. The molecular formula is C24H32N4O5S. The standard InChI is InChI=1S/C24H32N4O5S/c1-15(2)13-25-21(30)14-27-22(12-20(29)24(3,4)5)34-19(23(27)31)11-16-8-9-17(26(6)7)18(10-16)28(32)33/h8-12,15H,13-14H2,1-7H3,(H,25,30)/b19-11+,22-12-. The molecule has 10 heteroatoms. The summed E-state index contributed by atoms with van der Waals surface area (Å²) in [5, 5.41) is 14.3. The van der Waals surface area contributed by atoms with Gasteiger partial charge in [-0.05, 0) is 23.6 Å². The number of anilines is 1. The first-order valence-corrected chi connectivity index (χ1v) is 11.7. The van der Waals surface area contributed by atoms with E-state index in [2.05, 4.69) is 5.32 Å². The van der Waals surface area contributed by atoms with Crippen molar-refractivity contribution in [1.29, 1.82) is 0 Å². The molecule has 1 aromatic carbocycles. The molecule has 0 radical (unpaired) electrons. The van der Waals surface area contributed by atoms with Crippen molar-refractivity contribution in [3.8, 4) is 0 Å². The molecule has 2 aromatic rings. The summed E-state index contributed by atoms with van der Waals surface area (Å²) >= 11 is 1.07. The van der Waals surface area contributed by atoms with Crippen LogP contribution in [0.5, 0.6) is 0 Å². The third-order valence-corrected chi connectivity index (χ3v) is 5.97. The number of amides is 1. The lowest BCUT2D eigenvalue weighted by atomic mass is 9.91. The zero-order valence-electron chi connectivity index (χ0n) is 20.7. The minimum Gasteiger partial charge on any atom is -0.372 e. The Morgan fingerprint density at radius 2 is 1.91 bits per heavy atom. The molecule has 2 rings (SSSR count). The summed E-state index contributed by atoms with van der Waals surface area (Å²) in [4.78, 5) is 50.9. The maximum Gasteiger partial charge on any atom is 0.293 e. The molecule has 0 bridgehead atoms. The Morgan fingerprint density at radius 3 is 2.44 bits per heavy atom. The van der Waals surface area contributed by atoms with Gasteiger partial charge in [0, 0.05) is 38.2 Å². The molecule has 0 fully saturated rings. The van der Waals surface area contributed by atoms with Crippen molar-refractivity contribution in [2.75, 3.05) is 25.5 Å². The van der Waals surface area contributed by atoms with Gasteiger partial charge >= 0.3 is 0 Å². The SMILES string of the molecule is CC(C)CNC(=O)Cn1c(=O)/c(=C\c2ccc(N(C)C)c([N+](=O)[O-])c2)s/c1=C\C(=O)C(C)(C)C. The number of carbonyl (C=O) groups is 2. The highest BCUT2D eigenvalue weighted by Gasteiger charge is 2.20. The summed E-state index contributed by atoms with van der Waals surface area (Å²) in [6.07, 6.45) is 2.93. The third-order valence-electron chi connectivity index (χ3n) is 4.92. The molecule has 1 heterocycles. The van der Waals surface area contributed by atoms with Crippen LogP contribution in [-0.4, -0.2) is 41.8 Å². The molecule has 9 nitrogen and oxygen atoms in total. The van der Waals surface area contributed by atoms with Crippen LogP contribution >= 0.6 is 11.3 Å². The highest BCUT2D eigenvalue weighted by Crippen LogP contribution is 2.27. The number of hydrogen-bond donors (Lipinski definition) is 1. The van der Waals surface area contributed by atoms with Crippen molar-refractivity contribution < 1.29 is 14.5 Å². The molecule has 0 spiro atoms. The number of Topliss-reactive ketones (excluding diaryl/α,β-unsaturated/α-hetero) is 1. The van der Waals surface area contributed by atoms with E-state index in [0.717, 1.165) is 11.3 Å². The van der Waals surface area contributed by atoms with Gasteiger partial charge < -0.3 is 10.2 Å². The van der Waals surface area contributed by atoms with Gasteiger partial charge in [0.15, 0.2) is 5.78 Å². The van der Waals surface area contributed by atoms with Crippen LogP contribution in [0.1, 0.15) is 40.2 Å². The molecule has 0 aliphatic carbocycles. The Balaban J connectivity index is 2.65. The monoisotopic (exact) mass is 488 g/mol. The number of thiazole rings is 1. The first-order valence-electron chi connectivity index (χ1n) is 10.9. The first kappa shape index (κ1) is 27.0. The number of nitrogens with zero attached hydrogens (tertiary/aromatic N) is 3.